The average molecular weight is 406 g/mol. The van der Waals surface area contributed by atoms with Gasteiger partial charge < -0.3 is 29.9 Å². The summed E-state index contributed by atoms with van der Waals surface area (Å²) in [6.45, 7) is 9.61. The van der Waals surface area contributed by atoms with Crippen LogP contribution >= 0.6 is 0 Å². The van der Waals surface area contributed by atoms with Gasteiger partial charge in [-0.2, -0.15) is 0 Å². The maximum Gasteiger partial charge on any atom is 0.191 e. The molecule has 29 heavy (non-hydrogen) atoms. The van der Waals surface area contributed by atoms with Crippen LogP contribution in [-0.2, 0) is 4.74 Å². The molecule has 1 aromatic rings. The molecule has 1 aliphatic rings. The number of nitrogens with one attached hydrogen (secondary N) is 2. The molecule has 164 valence electrons. The van der Waals surface area contributed by atoms with Crippen molar-refractivity contribution in [2.45, 2.75) is 19.8 Å². The van der Waals surface area contributed by atoms with Crippen molar-refractivity contribution in [1.82, 2.24) is 15.5 Å². The minimum Gasteiger partial charge on any atom is -0.495 e. The van der Waals surface area contributed by atoms with Crippen LogP contribution in [0.3, 0.4) is 0 Å². The molecule has 7 heteroatoms. The van der Waals surface area contributed by atoms with Crippen LogP contribution < -0.4 is 20.3 Å². The first-order valence-corrected chi connectivity index (χ1v) is 10.8. The first-order valence-electron chi connectivity index (χ1n) is 10.8. The van der Waals surface area contributed by atoms with Gasteiger partial charge in [0.05, 0.1) is 12.8 Å². The molecule has 1 saturated heterocycles. The van der Waals surface area contributed by atoms with Crippen molar-refractivity contribution < 1.29 is 9.47 Å². The second-order valence-corrected chi connectivity index (χ2v) is 7.57. The van der Waals surface area contributed by atoms with Crippen LogP contribution in [0.5, 0.6) is 5.75 Å². The number of hydrogen-bond acceptors (Lipinski definition) is 5. The van der Waals surface area contributed by atoms with E-state index in [9.17, 15) is 0 Å². The third-order valence-corrected chi connectivity index (χ3v) is 5.24. The van der Waals surface area contributed by atoms with E-state index in [0.717, 1.165) is 77.0 Å². The lowest BCUT2D eigenvalue weighted by molar-refractivity contribution is 0.180. The van der Waals surface area contributed by atoms with E-state index < -0.39 is 0 Å². The van der Waals surface area contributed by atoms with E-state index in [2.05, 4.69) is 46.5 Å². The van der Waals surface area contributed by atoms with Gasteiger partial charge in [0.1, 0.15) is 5.75 Å². The number of anilines is 1. The lowest BCUT2D eigenvalue weighted by Gasteiger charge is -2.21. The van der Waals surface area contributed by atoms with Crippen molar-refractivity contribution in [3.05, 3.63) is 24.3 Å². The highest BCUT2D eigenvalue weighted by Crippen LogP contribution is 2.31. The quantitative estimate of drug-likeness (QED) is 0.315. The van der Waals surface area contributed by atoms with E-state index in [4.69, 9.17) is 14.5 Å². The summed E-state index contributed by atoms with van der Waals surface area (Å²) in [4.78, 5) is 9.56. The maximum atomic E-state index is 5.52. The number of nitrogens with zero attached hydrogens (tertiary/aromatic N) is 3. The minimum absolute atomic E-state index is 0.562. The van der Waals surface area contributed by atoms with Gasteiger partial charge in [0.2, 0.25) is 0 Å². The zero-order chi connectivity index (χ0) is 20.9. The van der Waals surface area contributed by atoms with Crippen LogP contribution in [0.2, 0.25) is 0 Å². The van der Waals surface area contributed by atoms with Crippen LogP contribution in [0.4, 0.5) is 5.69 Å². The molecule has 1 aromatic carbocycles. The molecule has 0 spiro atoms. The molecule has 1 unspecified atom stereocenters. The van der Waals surface area contributed by atoms with Gasteiger partial charge in [-0.05, 0) is 44.9 Å². The molecule has 1 atom stereocenters. The minimum atomic E-state index is 0.562. The van der Waals surface area contributed by atoms with Gasteiger partial charge in [-0.15, -0.1) is 0 Å². The fourth-order valence-electron chi connectivity index (χ4n) is 3.61. The van der Waals surface area contributed by atoms with Crippen molar-refractivity contribution in [2.24, 2.45) is 10.9 Å². The van der Waals surface area contributed by atoms with E-state index in [1.165, 1.54) is 5.69 Å². The van der Waals surface area contributed by atoms with Gasteiger partial charge in [-0.3, -0.25) is 4.99 Å². The Morgan fingerprint density at radius 3 is 2.83 bits per heavy atom. The number of para-hydroxylation sites is 2. The van der Waals surface area contributed by atoms with E-state index in [1.807, 2.05) is 12.1 Å². The summed E-state index contributed by atoms with van der Waals surface area (Å²) in [7, 11) is 5.63. The first kappa shape index (κ1) is 23.3. The molecule has 0 aromatic heterocycles. The molecule has 2 N–H and O–H groups in total. The molecular formula is C22H39N5O2. The summed E-state index contributed by atoms with van der Waals surface area (Å²) in [6.07, 6.45) is 2.22. The molecule has 0 saturated carbocycles. The Labute approximate surface area is 176 Å². The molecule has 2 rings (SSSR count). The van der Waals surface area contributed by atoms with E-state index in [-0.39, 0.29) is 0 Å². The lowest BCUT2D eigenvalue weighted by Crippen LogP contribution is -2.41. The summed E-state index contributed by atoms with van der Waals surface area (Å²) in [5.74, 6) is 2.42. The molecule has 7 nitrogen and oxygen atoms in total. The van der Waals surface area contributed by atoms with E-state index in [0.29, 0.717) is 5.92 Å². The van der Waals surface area contributed by atoms with Crippen molar-refractivity contribution >= 4 is 11.6 Å². The van der Waals surface area contributed by atoms with Crippen LogP contribution in [-0.4, -0.2) is 84.5 Å². The molecule has 0 radical (unpaired) electrons. The highest BCUT2D eigenvalue weighted by atomic mass is 16.5. The predicted octanol–water partition coefficient (Wildman–Crippen LogP) is 2.04. The Morgan fingerprint density at radius 2 is 2.07 bits per heavy atom. The number of guanidine groups is 1. The van der Waals surface area contributed by atoms with Gasteiger partial charge in [0.15, 0.2) is 5.96 Å². The number of likely N-dealkylation sites (N-methyl/N-ethyl adjacent to an activating group) is 1. The molecule has 0 aliphatic carbocycles. The Hall–Kier alpha value is -1.99. The third-order valence-electron chi connectivity index (χ3n) is 5.24. The summed E-state index contributed by atoms with van der Waals surface area (Å²) in [5.41, 5.74) is 1.18. The highest BCUT2D eigenvalue weighted by molar-refractivity contribution is 5.79. The van der Waals surface area contributed by atoms with Gasteiger partial charge in [0, 0.05) is 59.5 Å². The zero-order valence-corrected chi connectivity index (χ0v) is 18.6. The van der Waals surface area contributed by atoms with Crippen molar-refractivity contribution in [3.8, 4) is 5.75 Å². The molecule has 1 heterocycles. The number of methoxy groups -OCH3 is 2. The summed E-state index contributed by atoms with van der Waals surface area (Å²) in [5, 5.41) is 6.82. The van der Waals surface area contributed by atoms with Gasteiger partial charge in [-0.25, -0.2) is 0 Å². The normalized spacial score (nSPS) is 17.1. The SMILES string of the molecule is CCNC(=NCC1CCN(c2ccccc2OC)C1)NCCN(C)CCCOC. The summed E-state index contributed by atoms with van der Waals surface area (Å²) < 4.78 is 10.6. The van der Waals surface area contributed by atoms with Crippen LogP contribution in [0.25, 0.3) is 0 Å². The van der Waals surface area contributed by atoms with Crippen molar-refractivity contribution in [2.75, 3.05) is 78.6 Å². The average Bonchev–Trinajstić information content (AvgIpc) is 3.21. The maximum absolute atomic E-state index is 5.52. The first-order chi connectivity index (χ1) is 14.2. The second-order valence-electron chi connectivity index (χ2n) is 7.57. The number of ether oxygens (including phenoxy) is 2. The van der Waals surface area contributed by atoms with Gasteiger partial charge in [0.25, 0.3) is 0 Å². The molecule has 1 fully saturated rings. The summed E-state index contributed by atoms with van der Waals surface area (Å²) >= 11 is 0. The molecule has 0 amide bonds. The summed E-state index contributed by atoms with van der Waals surface area (Å²) in [6, 6.07) is 8.26. The topological polar surface area (TPSA) is 61.4 Å². The smallest absolute Gasteiger partial charge is 0.191 e. The van der Waals surface area contributed by atoms with Crippen LogP contribution in [0.1, 0.15) is 19.8 Å². The Bertz CT molecular complexity index is 611. The number of rotatable bonds is 12. The fraction of sp³-hybridized carbons (Fsp3) is 0.682. The second kappa shape index (κ2) is 13.3. The largest absolute Gasteiger partial charge is 0.495 e. The Morgan fingerprint density at radius 1 is 1.24 bits per heavy atom. The van der Waals surface area contributed by atoms with Crippen LogP contribution in [0.15, 0.2) is 29.3 Å². The Kier molecular flexibility index (Phi) is 10.7. The van der Waals surface area contributed by atoms with Gasteiger partial charge >= 0.3 is 0 Å². The number of benzene rings is 1. The lowest BCUT2D eigenvalue weighted by atomic mass is 10.1. The Balaban J connectivity index is 1.78. The molecule has 0 bridgehead atoms. The molecule has 1 aliphatic heterocycles. The van der Waals surface area contributed by atoms with Crippen molar-refractivity contribution in [3.63, 3.8) is 0 Å². The number of aliphatic imine (C=N–C) groups is 1. The monoisotopic (exact) mass is 405 g/mol. The zero-order valence-electron chi connectivity index (χ0n) is 18.6. The third kappa shape index (κ3) is 8.11. The van der Waals surface area contributed by atoms with Gasteiger partial charge in [-0.1, -0.05) is 12.1 Å². The van der Waals surface area contributed by atoms with E-state index in [1.54, 1.807) is 14.2 Å². The predicted molar refractivity (Wildman–Crippen MR) is 121 cm³/mol. The standard InChI is InChI=1S/C22H39N5O2/c1-5-23-22(24-12-15-26(2)13-8-16-28-3)25-17-19-11-14-27(18-19)20-9-6-7-10-21(20)29-4/h6-7,9-10,19H,5,8,11-18H2,1-4H3,(H2,23,24,25). The molecular weight excluding hydrogens is 366 g/mol. The number of hydrogen-bond donors (Lipinski definition) is 2. The van der Waals surface area contributed by atoms with Crippen LogP contribution in [0, 0.1) is 5.92 Å². The van der Waals surface area contributed by atoms with Crippen molar-refractivity contribution in [1.29, 1.82) is 0 Å². The fourth-order valence-corrected chi connectivity index (χ4v) is 3.61. The highest BCUT2D eigenvalue weighted by Gasteiger charge is 2.24. The van der Waals surface area contributed by atoms with E-state index >= 15 is 0 Å².